The number of fused-ring (bicyclic) bond motifs is 5. The average molecular weight is 688 g/mol. The van der Waals surface area contributed by atoms with Crippen LogP contribution in [0.3, 0.4) is 0 Å². The number of hydrogen-bond donors (Lipinski definition) is 0. The van der Waals surface area contributed by atoms with E-state index in [0.29, 0.717) is 49.7 Å². The Bertz CT molecular complexity index is 1280. The molecule has 0 aromatic rings. The zero-order valence-electron chi connectivity index (χ0n) is 32.2. The molecule has 0 bridgehead atoms. The second-order valence-electron chi connectivity index (χ2n) is 18.2. The van der Waals surface area contributed by atoms with Gasteiger partial charge in [0.05, 0.1) is 12.3 Å². The smallest absolute Gasteiger partial charge is 0.435 e. The van der Waals surface area contributed by atoms with Crippen LogP contribution in [0.15, 0.2) is 16.8 Å². The third kappa shape index (κ3) is 8.22. The number of hydrogen-bond acceptors (Lipinski definition) is 7. The van der Waals surface area contributed by atoms with Crippen LogP contribution in [0.4, 0.5) is 9.59 Å². The zero-order chi connectivity index (χ0) is 35.9. The number of likely N-dealkylation sites (N-methyl/N-ethyl adjacent to an activating group) is 1. The average Bonchev–Trinajstić information content (AvgIpc) is 3.33. The van der Waals surface area contributed by atoms with Crippen LogP contribution >= 0.6 is 0 Å². The molecule has 0 N–H and O–H groups in total. The summed E-state index contributed by atoms with van der Waals surface area (Å²) in [6.45, 7) is 24.7. The van der Waals surface area contributed by atoms with Crippen molar-refractivity contribution in [3.8, 4) is 0 Å². The maximum Gasteiger partial charge on any atom is 0.435 e. The lowest BCUT2D eigenvalue weighted by atomic mass is 9.46. The highest BCUT2D eigenvalue weighted by Gasteiger charge is 2.59. The van der Waals surface area contributed by atoms with Gasteiger partial charge in [0, 0.05) is 39.0 Å². The molecule has 4 rings (SSSR count). The zero-order valence-corrected chi connectivity index (χ0v) is 33.2. The van der Waals surface area contributed by atoms with E-state index in [9.17, 15) is 14.4 Å². The minimum Gasteiger partial charge on any atom is -0.444 e. The van der Waals surface area contributed by atoms with Crippen LogP contribution in [0.2, 0.25) is 18.1 Å². The number of nitrogens with zero attached hydrogens (tertiary/aromatic N) is 3. The highest BCUT2D eigenvalue weighted by Crippen LogP contribution is 2.66. The van der Waals surface area contributed by atoms with Gasteiger partial charge < -0.3 is 19.0 Å². The van der Waals surface area contributed by atoms with Crippen LogP contribution in [-0.2, 0) is 18.8 Å². The molecule has 9 nitrogen and oxygen atoms in total. The third-order valence-electron chi connectivity index (χ3n) is 13.0. The van der Waals surface area contributed by atoms with E-state index in [1.54, 1.807) is 11.9 Å². The minimum absolute atomic E-state index is 0.0656. The predicted octanol–water partition coefficient (Wildman–Crippen LogP) is 8.84. The van der Waals surface area contributed by atoms with Crippen molar-refractivity contribution >= 4 is 32.0 Å². The van der Waals surface area contributed by atoms with Gasteiger partial charge in [0.1, 0.15) is 5.60 Å². The van der Waals surface area contributed by atoms with Gasteiger partial charge in [0.15, 0.2) is 14.1 Å². The molecule has 3 fully saturated rings. The summed E-state index contributed by atoms with van der Waals surface area (Å²) >= 11 is 0. The number of carbonyl (C=O) groups excluding carboxylic acids is 3. The number of allylic oxidation sites excluding steroid dienone is 1. The Morgan fingerprint density at radius 3 is 2.27 bits per heavy atom. The van der Waals surface area contributed by atoms with Gasteiger partial charge in [-0.15, -0.1) is 0 Å². The fraction of sp³-hybridized carbons (Fsp3) is 0.842. The maximum absolute atomic E-state index is 13.1. The van der Waals surface area contributed by atoms with Gasteiger partial charge >= 0.3 is 12.2 Å². The van der Waals surface area contributed by atoms with Gasteiger partial charge in [-0.05, 0) is 125 Å². The summed E-state index contributed by atoms with van der Waals surface area (Å²) < 4.78 is 12.0. The number of carbonyl (C=O) groups is 3. The van der Waals surface area contributed by atoms with Crippen molar-refractivity contribution in [1.82, 2.24) is 9.80 Å². The lowest BCUT2D eigenvalue weighted by Crippen LogP contribution is -2.51. The molecule has 0 aromatic carbocycles. The summed E-state index contributed by atoms with van der Waals surface area (Å²) in [7, 11) is -0.306. The van der Waals surface area contributed by atoms with E-state index in [4.69, 9.17) is 14.0 Å². The molecule has 0 unspecified atom stereocenters. The van der Waals surface area contributed by atoms with Crippen LogP contribution in [0.5, 0.6) is 0 Å². The molecule has 4 aliphatic carbocycles. The van der Waals surface area contributed by atoms with Gasteiger partial charge in [-0.25, -0.2) is 9.59 Å². The lowest BCUT2D eigenvalue weighted by molar-refractivity contribution is -0.117. The van der Waals surface area contributed by atoms with Crippen molar-refractivity contribution in [2.45, 2.75) is 137 Å². The number of amides is 2. The molecule has 2 amide bonds. The number of ether oxygens (including phenoxy) is 1. The predicted molar refractivity (Wildman–Crippen MR) is 193 cm³/mol. The molecule has 10 heteroatoms. The van der Waals surface area contributed by atoms with E-state index >= 15 is 0 Å². The van der Waals surface area contributed by atoms with E-state index in [0.717, 1.165) is 31.4 Å². The first-order chi connectivity index (χ1) is 22.1. The second kappa shape index (κ2) is 14.2. The topological polar surface area (TPSA) is 97.7 Å². The molecule has 0 heterocycles. The molecule has 0 aliphatic heterocycles. The van der Waals surface area contributed by atoms with Crippen molar-refractivity contribution in [3.63, 3.8) is 0 Å². The van der Waals surface area contributed by atoms with Gasteiger partial charge in [0.25, 0.3) is 0 Å². The Kier molecular flexibility index (Phi) is 11.4. The minimum atomic E-state index is -1.98. The SMILES string of the molecule is C/C(=N\OC(=O)N(C)CCN(CCO[Si](C)(C)C(C)(C)C)C(=O)OC(C)(C)C)[C@H]1CC[C@H]2[C@@H]3CCC4=CC(=O)CC[C@]4(C)[C@H]3CC[C@]12C. The van der Waals surface area contributed by atoms with Gasteiger partial charge in [-0.3, -0.25) is 9.63 Å². The Morgan fingerprint density at radius 2 is 1.62 bits per heavy atom. The summed E-state index contributed by atoms with van der Waals surface area (Å²) in [5.74, 6) is 2.53. The van der Waals surface area contributed by atoms with Crippen molar-refractivity contribution < 1.29 is 28.4 Å². The van der Waals surface area contributed by atoms with Crippen LogP contribution in [0, 0.1) is 34.5 Å². The Labute approximate surface area is 291 Å². The van der Waals surface area contributed by atoms with Crippen molar-refractivity contribution in [3.05, 3.63) is 11.6 Å². The number of rotatable bonds is 9. The van der Waals surface area contributed by atoms with E-state index in [2.05, 4.69) is 52.9 Å². The summed E-state index contributed by atoms with van der Waals surface area (Å²) in [5, 5.41) is 4.49. The second-order valence-corrected chi connectivity index (χ2v) is 23.0. The molecular formula is C38H65N3O6Si. The van der Waals surface area contributed by atoms with Crippen molar-refractivity contribution in [1.29, 1.82) is 0 Å². The molecule has 0 aromatic heterocycles. The molecule has 4 aliphatic rings. The van der Waals surface area contributed by atoms with Crippen LogP contribution < -0.4 is 0 Å². The fourth-order valence-electron chi connectivity index (χ4n) is 9.10. The molecule has 6 atom stereocenters. The number of ketones is 1. The van der Waals surface area contributed by atoms with Crippen molar-refractivity contribution in [2.24, 2.45) is 39.7 Å². The van der Waals surface area contributed by atoms with E-state index in [1.165, 1.54) is 29.7 Å². The van der Waals surface area contributed by atoms with E-state index in [-0.39, 0.29) is 28.3 Å². The Hall–Kier alpha value is -2.20. The summed E-state index contributed by atoms with van der Waals surface area (Å²) in [5.41, 5.74) is 1.96. The normalized spacial score (nSPS) is 30.9. The molecular weight excluding hydrogens is 623 g/mol. The fourth-order valence-corrected chi connectivity index (χ4v) is 10.1. The van der Waals surface area contributed by atoms with Crippen LogP contribution in [-0.4, -0.2) is 80.7 Å². The van der Waals surface area contributed by atoms with Gasteiger partial charge in [-0.1, -0.05) is 45.3 Å². The molecule has 0 spiro atoms. The molecule has 272 valence electrons. The number of oxime groups is 1. The third-order valence-corrected chi connectivity index (χ3v) is 17.6. The monoisotopic (exact) mass is 687 g/mol. The Morgan fingerprint density at radius 1 is 0.938 bits per heavy atom. The quantitative estimate of drug-likeness (QED) is 0.104. The summed E-state index contributed by atoms with van der Waals surface area (Å²) in [6, 6.07) is 0. The van der Waals surface area contributed by atoms with E-state index in [1.807, 2.05) is 33.8 Å². The summed E-state index contributed by atoms with van der Waals surface area (Å²) in [6.07, 6.45) is 9.48. The van der Waals surface area contributed by atoms with Gasteiger partial charge in [-0.2, -0.15) is 0 Å². The van der Waals surface area contributed by atoms with Crippen LogP contribution in [0.1, 0.15) is 114 Å². The first-order valence-electron chi connectivity index (χ1n) is 18.4. The largest absolute Gasteiger partial charge is 0.444 e. The molecule has 0 radical (unpaired) electrons. The van der Waals surface area contributed by atoms with Crippen LogP contribution in [0.25, 0.3) is 0 Å². The van der Waals surface area contributed by atoms with Crippen molar-refractivity contribution in [2.75, 3.05) is 33.3 Å². The first kappa shape index (κ1) is 38.6. The standard InChI is InChI=1S/C38H65N3O6Si/c1-26(30-15-16-31-29-14-13-27-25-28(42)17-19-37(27,8)32(29)18-20-38(30,31)9)39-47-33(43)40(10)21-22-41(34(44)46-35(2,3)4)23-24-45-48(11,12)36(5,6)7/h25,29-32H,13-24H2,1-12H3/b39-26+/t29-,30+,31-,32-,37-,38+/m0/s1. The molecule has 0 saturated heterocycles. The lowest BCUT2D eigenvalue weighted by Gasteiger charge is -2.58. The van der Waals surface area contributed by atoms with E-state index < -0.39 is 26.1 Å². The molecule has 48 heavy (non-hydrogen) atoms. The first-order valence-corrected chi connectivity index (χ1v) is 21.3. The highest BCUT2D eigenvalue weighted by molar-refractivity contribution is 6.74. The highest BCUT2D eigenvalue weighted by atomic mass is 28.4. The molecule has 3 saturated carbocycles. The summed E-state index contributed by atoms with van der Waals surface area (Å²) in [4.78, 5) is 47.0. The maximum atomic E-state index is 13.1. The Balaban J connectivity index is 1.34. The van der Waals surface area contributed by atoms with Gasteiger partial charge in [0.2, 0.25) is 0 Å².